The molecule has 3 rings (SSSR count). The molecule has 2 aromatic carbocycles. The van der Waals surface area contributed by atoms with E-state index in [0.717, 1.165) is 16.8 Å². The second kappa shape index (κ2) is 8.78. The van der Waals surface area contributed by atoms with Gasteiger partial charge in [0.1, 0.15) is 0 Å². The Labute approximate surface area is 171 Å². The molecule has 0 aliphatic carbocycles. The largest absolute Gasteiger partial charge is 0.350 e. The summed E-state index contributed by atoms with van der Waals surface area (Å²) in [6, 6.07) is 14.2. The first-order chi connectivity index (χ1) is 13.8. The van der Waals surface area contributed by atoms with Crippen molar-refractivity contribution >= 4 is 27.3 Å². The number of hydrogen-bond acceptors (Lipinski definition) is 4. The van der Waals surface area contributed by atoms with Gasteiger partial charge in [0, 0.05) is 25.1 Å². The van der Waals surface area contributed by atoms with Crippen LogP contribution in [0.1, 0.15) is 43.9 Å². The standard InChI is InChI=1S/C22H26N2O4S/c1-3-22(26)24-13-11-18-15-19(9-10-20(18)24)29(27,28)14-12-21(25)23-16(2)17-7-5-4-6-8-17/h4-10,15-16H,3,11-14H2,1-2H3,(H,23,25)/t16-/m1/s1. The van der Waals surface area contributed by atoms with Crippen LogP contribution < -0.4 is 10.2 Å². The van der Waals surface area contributed by atoms with E-state index in [1.165, 1.54) is 6.07 Å². The van der Waals surface area contributed by atoms with Gasteiger partial charge in [0.2, 0.25) is 11.8 Å². The fourth-order valence-electron chi connectivity index (χ4n) is 3.51. The van der Waals surface area contributed by atoms with Crippen molar-refractivity contribution in [3.05, 3.63) is 59.7 Å². The summed E-state index contributed by atoms with van der Waals surface area (Å²) in [6.07, 6.45) is 0.951. The van der Waals surface area contributed by atoms with E-state index in [9.17, 15) is 18.0 Å². The molecule has 0 saturated heterocycles. The number of carbonyl (C=O) groups excluding carboxylic acids is 2. The Morgan fingerprint density at radius 1 is 1.14 bits per heavy atom. The summed E-state index contributed by atoms with van der Waals surface area (Å²) < 4.78 is 25.4. The molecular formula is C22H26N2O4S. The number of anilines is 1. The molecule has 29 heavy (non-hydrogen) atoms. The van der Waals surface area contributed by atoms with Gasteiger partial charge in [-0.2, -0.15) is 0 Å². The number of carbonyl (C=O) groups is 2. The van der Waals surface area contributed by atoms with Crippen molar-refractivity contribution in [3.8, 4) is 0 Å². The van der Waals surface area contributed by atoms with Crippen molar-refractivity contribution in [1.29, 1.82) is 0 Å². The van der Waals surface area contributed by atoms with Gasteiger partial charge in [-0.05, 0) is 42.7 Å². The van der Waals surface area contributed by atoms with Crippen molar-refractivity contribution < 1.29 is 18.0 Å². The number of amides is 2. The van der Waals surface area contributed by atoms with E-state index in [0.29, 0.717) is 19.4 Å². The molecule has 0 saturated carbocycles. The van der Waals surface area contributed by atoms with Crippen LogP contribution in [-0.4, -0.2) is 32.5 Å². The first-order valence-corrected chi connectivity index (χ1v) is 11.5. The van der Waals surface area contributed by atoms with Crippen molar-refractivity contribution in [3.63, 3.8) is 0 Å². The van der Waals surface area contributed by atoms with Gasteiger partial charge < -0.3 is 10.2 Å². The Balaban J connectivity index is 1.63. The first kappa shape index (κ1) is 21.0. The molecule has 7 heteroatoms. The molecule has 0 unspecified atom stereocenters. The molecule has 1 N–H and O–H groups in total. The minimum atomic E-state index is -3.58. The normalized spacial score (nSPS) is 14.3. The topological polar surface area (TPSA) is 83.6 Å². The molecule has 1 heterocycles. The summed E-state index contributed by atoms with van der Waals surface area (Å²) >= 11 is 0. The van der Waals surface area contributed by atoms with Crippen LogP contribution in [0.3, 0.4) is 0 Å². The van der Waals surface area contributed by atoms with E-state index in [2.05, 4.69) is 5.32 Å². The maximum absolute atomic E-state index is 12.7. The predicted molar refractivity (Wildman–Crippen MR) is 112 cm³/mol. The highest BCUT2D eigenvalue weighted by atomic mass is 32.2. The van der Waals surface area contributed by atoms with E-state index in [-0.39, 0.29) is 34.9 Å². The minimum absolute atomic E-state index is 0.0311. The van der Waals surface area contributed by atoms with Crippen LogP contribution in [0.15, 0.2) is 53.4 Å². The molecule has 0 aromatic heterocycles. The number of hydrogen-bond donors (Lipinski definition) is 1. The fraction of sp³-hybridized carbons (Fsp3) is 0.364. The Hall–Kier alpha value is -2.67. The number of rotatable bonds is 7. The van der Waals surface area contributed by atoms with Gasteiger partial charge >= 0.3 is 0 Å². The smallest absolute Gasteiger partial charge is 0.226 e. The van der Waals surface area contributed by atoms with Gasteiger partial charge in [-0.15, -0.1) is 0 Å². The Kier molecular flexibility index (Phi) is 6.37. The molecule has 0 bridgehead atoms. The number of sulfone groups is 1. The van der Waals surface area contributed by atoms with Gasteiger partial charge in [-0.1, -0.05) is 37.3 Å². The average molecular weight is 415 g/mol. The SMILES string of the molecule is CCC(=O)N1CCc2cc(S(=O)(=O)CCC(=O)N[C@H](C)c3ccccc3)ccc21. The van der Waals surface area contributed by atoms with Crippen LogP contribution in [-0.2, 0) is 25.8 Å². The second-order valence-corrected chi connectivity index (χ2v) is 9.32. The molecule has 0 spiro atoms. The highest BCUT2D eigenvalue weighted by Gasteiger charge is 2.26. The zero-order chi connectivity index (χ0) is 21.0. The zero-order valence-corrected chi connectivity index (χ0v) is 17.5. The number of fused-ring (bicyclic) bond motifs is 1. The molecule has 1 aliphatic heterocycles. The minimum Gasteiger partial charge on any atom is -0.350 e. The molecule has 154 valence electrons. The second-order valence-electron chi connectivity index (χ2n) is 7.21. The van der Waals surface area contributed by atoms with Gasteiger partial charge in [-0.3, -0.25) is 9.59 Å². The highest BCUT2D eigenvalue weighted by Crippen LogP contribution is 2.31. The fourth-order valence-corrected chi connectivity index (χ4v) is 4.79. The number of benzene rings is 2. The lowest BCUT2D eigenvalue weighted by molar-refractivity contribution is -0.121. The van der Waals surface area contributed by atoms with Crippen molar-refractivity contribution in [2.75, 3.05) is 17.2 Å². The summed E-state index contributed by atoms with van der Waals surface area (Å²) in [4.78, 5) is 26.1. The third kappa shape index (κ3) is 4.85. The summed E-state index contributed by atoms with van der Waals surface area (Å²) in [7, 11) is -3.58. The van der Waals surface area contributed by atoms with Crippen molar-refractivity contribution in [2.45, 2.75) is 44.0 Å². The highest BCUT2D eigenvalue weighted by molar-refractivity contribution is 7.91. The summed E-state index contributed by atoms with van der Waals surface area (Å²) in [6.45, 7) is 4.25. The lowest BCUT2D eigenvalue weighted by Crippen LogP contribution is -2.28. The zero-order valence-electron chi connectivity index (χ0n) is 16.7. The average Bonchev–Trinajstić information content (AvgIpc) is 3.15. The lowest BCUT2D eigenvalue weighted by Gasteiger charge is -2.16. The van der Waals surface area contributed by atoms with Crippen molar-refractivity contribution in [2.24, 2.45) is 0 Å². The van der Waals surface area contributed by atoms with E-state index in [1.54, 1.807) is 17.0 Å². The maximum atomic E-state index is 12.7. The van der Waals surface area contributed by atoms with Crippen LogP contribution in [0.25, 0.3) is 0 Å². The summed E-state index contributed by atoms with van der Waals surface area (Å²) in [5.74, 6) is -0.522. The maximum Gasteiger partial charge on any atom is 0.226 e. The van der Waals surface area contributed by atoms with Crippen LogP contribution in [0.2, 0.25) is 0 Å². The third-order valence-electron chi connectivity index (χ3n) is 5.18. The van der Waals surface area contributed by atoms with E-state index >= 15 is 0 Å². The summed E-state index contributed by atoms with van der Waals surface area (Å²) in [5.41, 5.74) is 2.61. The quantitative estimate of drug-likeness (QED) is 0.755. The molecule has 2 amide bonds. The van der Waals surface area contributed by atoms with Crippen LogP contribution in [0.5, 0.6) is 0 Å². The number of nitrogens with zero attached hydrogens (tertiary/aromatic N) is 1. The number of nitrogens with one attached hydrogen (secondary N) is 1. The van der Waals surface area contributed by atoms with Gasteiger partial charge in [0.25, 0.3) is 0 Å². The lowest BCUT2D eigenvalue weighted by atomic mass is 10.1. The molecule has 6 nitrogen and oxygen atoms in total. The molecule has 1 atom stereocenters. The molecule has 2 aromatic rings. The molecule has 1 aliphatic rings. The molecule has 0 radical (unpaired) electrons. The predicted octanol–water partition coefficient (Wildman–Crippen LogP) is 3.03. The summed E-state index contributed by atoms with van der Waals surface area (Å²) in [5, 5.41) is 2.84. The Morgan fingerprint density at radius 3 is 2.55 bits per heavy atom. The van der Waals surface area contributed by atoms with E-state index in [4.69, 9.17) is 0 Å². The van der Waals surface area contributed by atoms with Gasteiger partial charge in [0.15, 0.2) is 9.84 Å². The van der Waals surface area contributed by atoms with Gasteiger partial charge in [-0.25, -0.2) is 8.42 Å². The third-order valence-corrected chi connectivity index (χ3v) is 6.90. The van der Waals surface area contributed by atoms with E-state index in [1.807, 2.05) is 44.2 Å². The van der Waals surface area contributed by atoms with Crippen molar-refractivity contribution in [1.82, 2.24) is 5.32 Å². The molecular weight excluding hydrogens is 388 g/mol. The van der Waals surface area contributed by atoms with Gasteiger partial charge in [0.05, 0.1) is 16.7 Å². The van der Waals surface area contributed by atoms with Crippen LogP contribution in [0.4, 0.5) is 5.69 Å². The Bertz CT molecular complexity index is 1000. The Morgan fingerprint density at radius 2 is 1.86 bits per heavy atom. The first-order valence-electron chi connectivity index (χ1n) is 9.82. The molecule has 0 fully saturated rings. The van der Waals surface area contributed by atoms with Crippen LogP contribution >= 0.6 is 0 Å². The monoisotopic (exact) mass is 414 g/mol. The van der Waals surface area contributed by atoms with E-state index < -0.39 is 9.84 Å². The van der Waals surface area contributed by atoms with Crippen LogP contribution in [0, 0.1) is 0 Å².